The molecule has 37 heavy (non-hydrogen) atoms. The van der Waals surface area contributed by atoms with E-state index in [1.807, 2.05) is 0 Å². The van der Waals surface area contributed by atoms with Crippen molar-refractivity contribution in [1.82, 2.24) is 10.6 Å². The Morgan fingerprint density at radius 1 is 0.973 bits per heavy atom. The Bertz CT molecular complexity index is 995. The van der Waals surface area contributed by atoms with Crippen LogP contribution in [0.15, 0.2) is 48.5 Å². The van der Waals surface area contributed by atoms with Gasteiger partial charge >= 0.3 is 12.0 Å². The van der Waals surface area contributed by atoms with Crippen molar-refractivity contribution in [2.75, 3.05) is 25.1 Å². The van der Waals surface area contributed by atoms with Crippen molar-refractivity contribution in [3.05, 3.63) is 59.7 Å². The predicted molar refractivity (Wildman–Crippen MR) is 134 cm³/mol. The monoisotopic (exact) mass is 519 g/mol. The minimum atomic E-state index is -1.13. The number of hydrogen-bond acceptors (Lipinski definition) is 8. The third-order valence-electron chi connectivity index (χ3n) is 5.26. The van der Waals surface area contributed by atoms with E-state index in [0.29, 0.717) is 12.3 Å². The summed E-state index contributed by atoms with van der Waals surface area (Å²) in [5.74, 6) is -1.07. The van der Waals surface area contributed by atoms with E-state index in [0.717, 1.165) is 24.8 Å². The van der Waals surface area contributed by atoms with Crippen LogP contribution in [-0.4, -0.2) is 65.4 Å². The molecule has 2 aromatic carbocycles. The first-order valence-electron chi connectivity index (χ1n) is 11.8. The first-order chi connectivity index (χ1) is 17.9. The second-order valence-electron chi connectivity index (χ2n) is 8.21. The second kappa shape index (κ2) is 16.1. The zero-order valence-electron chi connectivity index (χ0n) is 20.5. The predicted octanol–water partition coefficient (Wildman–Crippen LogP) is 3.15. The molecular weight excluding hydrogens is 486 g/mol. The highest BCUT2D eigenvalue weighted by atomic mass is 17.1. The molecule has 0 aliphatic carbocycles. The summed E-state index contributed by atoms with van der Waals surface area (Å²) in [5, 5.41) is 34.4. The molecular formula is C25H33N3O9. The van der Waals surface area contributed by atoms with Crippen LogP contribution >= 0.6 is 0 Å². The van der Waals surface area contributed by atoms with E-state index >= 15 is 0 Å². The lowest BCUT2D eigenvalue weighted by molar-refractivity contribution is -0.286. The zero-order chi connectivity index (χ0) is 27.0. The molecule has 0 spiro atoms. The number of hydrogen-bond donors (Lipinski definition) is 6. The Morgan fingerprint density at radius 2 is 1.68 bits per heavy atom. The molecule has 0 aliphatic rings. The highest BCUT2D eigenvalue weighted by molar-refractivity contribution is 5.95. The van der Waals surface area contributed by atoms with Crippen LogP contribution in [-0.2, 0) is 21.0 Å². The average molecular weight is 520 g/mol. The summed E-state index contributed by atoms with van der Waals surface area (Å²) >= 11 is 0. The number of nitrogens with one attached hydrogen (secondary N) is 3. The fourth-order valence-corrected chi connectivity index (χ4v) is 3.39. The molecule has 0 saturated heterocycles. The molecule has 1 unspecified atom stereocenters. The maximum atomic E-state index is 12.9. The van der Waals surface area contributed by atoms with Gasteiger partial charge in [-0.25, -0.2) is 19.4 Å². The van der Waals surface area contributed by atoms with Gasteiger partial charge in [-0.2, -0.15) is 0 Å². The number of aromatic carboxylic acids is 1. The second-order valence-corrected chi connectivity index (χ2v) is 8.21. The summed E-state index contributed by atoms with van der Waals surface area (Å²) in [5.41, 5.74) is 1.01. The third-order valence-corrected chi connectivity index (χ3v) is 5.26. The van der Waals surface area contributed by atoms with Crippen molar-refractivity contribution in [2.24, 2.45) is 0 Å². The normalized spacial score (nSPS) is 11.6. The van der Waals surface area contributed by atoms with Gasteiger partial charge in [0.15, 0.2) is 6.10 Å². The molecule has 0 bridgehead atoms. The molecule has 0 radical (unpaired) electrons. The summed E-state index contributed by atoms with van der Waals surface area (Å²) in [6.45, 7) is 2.08. The SMILES string of the molecule is CCCCCNC(=O)C(Cc1ccc(OC(COO)COO)cc1)NC(=O)Nc1cccc(C(=O)O)c1. The Labute approximate surface area is 214 Å². The molecule has 202 valence electrons. The molecule has 0 aliphatic heterocycles. The number of anilines is 1. The van der Waals surface area contributed by atoms with Gasteiger partial charge in [0.2, 0.25) is 5.91 Å². The fourth-order valence-electron chi connectivity index (χ4n) is 3.39. The summed E-state index contributed by atoms with van der Waals surface area (Å²) in [7, 11) is 0. The molecule has 6 N–H and O–H groups in total. The number of urea groups is 1. The number of benzene rings is 2. The minimum Gasteiger partial charge on any atom is -0.485 e. The van der Waals surface area contributed by atoms with Crippen molar-refractivity contribution >= 4 is 23.6 Å². The van der Waals surface area contributed by atoms with E-state index in [4.69, 9.17) is 20.4 Å². The minimum absolute atomic E-state index is 0.0173. The van der Waals surface area contributed by atoms with Gasteiger partial charge in [-0.1, -0.05) is 38.0 Å². The van der Waals surface area contributed by atoms with Gasteiger partial charge in [0.05, 0.1) is 5.56 Å². The highest BCUT2D eigenvalue weighted by Gasteiger charge is 2.22. The number of carbonyl (C=O) groups is 3. The van der Waals surface area contributed by atoms with Gasteiger partial charge in [-0.3, -0.25) is 15.3 Å². The zero-order valence-corrected chi connectivity index (χ0v) is 20.5. The van der Waals surface area contributed by atoms with E-state index in [1.165, 1.54) is 18.2 Å². The van der Waals surface area contributed by atoms with Gasteiger partial charge in [-0.05, 0) is 42.3 Å². The number of amides is 3. The van der Waals surface area contributed by atoms with Crippen molar-refractivity contribution in [3.8, 4) is 5.75 Å². The van der Waals surface area contributed by atoms with E-state index in [1.54, 1.807) is 30.3 Å². The maximum absolute atomic E-state index is 12.9. The van der Waals surface area contributed by atoms with E-state index in [-0.39, 0.29) is 36.8 Å². The number of ether oxygens (including phenoxy) is 1. The average Bonchev–Trinajstić information content (AvgIpc) is 2.87. The fraction of sp³-hybridized carbons (Fsp3) is 0.400. The molecule has 2 aromatic rings. The largest absolute Gasteiger partial charge is 0.485 e. The summed E-state index contributed by atoms with van der Waals surface area (Å²) < 4.78 is 5.57. The lowest BCUT2D eigenvalue weighted by Crippen LogP contribution is -2.49. The van der Waals surface area contributed by atoms with Crippen LogP contribution in [0.3, 0.4) is 0 Å². The molecule has 0 heterocycles. The van der Waals surface area contributed by atoms with Crippen LogP contribution in [0.25, 0.3) is 0 Å². The van der Waals surface area contributed by atoms with Crippen molar-refractivity contribution in [1.29, 1.82) is 0 Å². The number of carboxylic acid groups (broad SMARTS) is 1. The van der Waals surface area contributed by atoms with E-state index < -0.39 is 24.1 Å². The van der Waals surface area contributed by atoms with Crippen LogP contribution in [0.5, 0.6) is 5.75 Å². The molecule has 1 atom stereocenters. The molecule has 0 saturated carbocycles. The van der Waals surface area contributed by atoms with Gasteiger partial charge in [0.1, 0.15) is 25.0 Å². The molecule has 2 rings (SSSR count). The molecule has 12 heteroatoms. The molecule has 0 aromatic heterocycles. The third kappa shape index (κ3) is 10.8. The molecule has 3 amide bonds. The van der Waals surface area contributed by atoms with Crippen molar-refractivity contribution in [3.63, 3.8) is 0 Å². The first-order valence-corrected chi connectivity index (χ1v) is 11.8. The van der Waals surface area contributed by atoms with Crippen molar-refractivity contribution < 1.29 is 44.5 Å². The number of rotatable bonds is 16. The lowest BCUT2D eigenvalue weighted by atomic mass is 10.0. The van der Waals surface area contributed by atoms with Crippen LogP contribution in [0.2, 0.25) is 0 Å². The number of carboxylic acids is 1. The summed E-state index contributed by atoms with van der Waals surface area (Å²) in [6, 6.07) is 10.9. The quantitative estimate of drug-likeness (QED) is 0.110. The van der Waals surface area contributed by atoms with E-state index in [9.17, 15) is 14.4 Å². The van der Waals surface area contributed by atoms with Gasteiger partial charge in [-0.15, -0.1) is 0 Å². The Balaban J connectivity index is 2.08. The van der Waals surface area contributed by atoms with Crippen LogP contribution in [0.1, 0.15) is 42.1 Å². The van der Waals surface area contributed by atoms with Crippen LogP contribution in [0.4, 0.5) is 10.5 Å². The van der Waals surface area contributed by atoms with E-state index in [2.05, 4.69) is 32.6 Å². The van der Waals surface area contributed by atoms with Gasteiger partial charge < -0.3 is 25.8 Å². The Kier molecular flexibility index (Phi) is 12.9. The topological polar surface area (TPSA) is 176 Å². The first kappa shape index (κ1) is 29.5. The molecule has 12 nitrogen and oxygen atoms in total. The maximum Gasteiger partial charge on any atom is 0.335 e. The Hall–Kier alpha value is -3.71. The number of unbranched alkanes of at least 4 members (excludes halogenated alkanes) is 2. The van der Waals surface area contributed by atoms with Crippen LogP contribution in [0, 0.1) is 0 Å². The number of carbonyl (C=O) groups excluding carboxylic acids is 2. The standard InChI is InChI=1S/C25H33N3O9/c1-2-3-4-12-26-23(29)22(28-25(32)27-19-7-5-6-18(14-19)24(30)31)13-17-8-10-20(11-9-17)37-21(15-35-33)16-36-34/h5-11,14,21-22,33-34H,2-4,12-13,15-16H2,1H3,(H,26,29)(H,30,31)(H2,27,28,32). The smallest absolute Gasteiger partial charge is 0.335 e. The highest BCUT2D eigenvalue weighted by Crippen LogP contribution is 2.16. The van der Waals surface area contributed by atoms with Crippen LogP contribution < -0.4 is 20.7 Å². The Morgan fingerprint density at radius 3 is 2.30 bits per heavy atom. The molecule has 0 fully saturated rings. The lowest BCUT2D eigenvalue weighted by Gasteiger charge is -2.20. The van der Waals surface area contributed by atoms with Crippen molar-refractivity contribution in [2.45, 2.75) is 44.8 Å². The van der Waals surface area contributed by atoms with Gasteiger partial charge in [0, 0.05) is 18.7 Å². The van der Waals surface area contributed by atoms with Gasteiger partial charge in [0.25, 0.3) is 0 Å². The summed E-state index contributed by atoms with van der Waals surface area (Å²) in [6.07, 6.45) is 2.19. The summed E-state index contributed by atoms with van der Waals surface area (Å²) in [4.78, 5) is 44.8.